The van der Waals surface area contributed by atoms with Crippen molar-refractivity contribution < 1.29 is 4.79 Å². The second-order valence-electron chi connectivity index (χ2n) is 6.03. The van der Waals surface area contributed by atoms with Crippen LogP contribution in [-0.2, 0) is 4.79 Å². The van der Waals surface area contributed by atoms with E-state index in [4.69, 9.17) is 0 Å². The molecule has 1 aromatic carbocycles. The predicted molar refractivity (Wildman–Crippen MR) is 101 cm³/mol. The fourth-order valence-corrected chi connectivity index (χ4v) is 4.39. The molecule has 3 nitrogen and oxygen atoms in total. The molecule has 1 aliphatic heterocycles. The molecule has 1 atom stereocenters. The number of benzene rings is 1. The molecule has 1 saturated heterocycles. The lowest BCUT2D eigenvalue weighted by Crippen LogP contribution is -2.30. The molecule has 0 aromatic heterocycles. The van der Waals surface area contributed by atoms with E-state index < -0.39 is 0 Å². The lowest BCUT2D eigenvalue weighted by atomic mass is 10.1. The topological polar surface area (TPSA) is 23.6 Å². The number of carbonyl (C=O) groups excluding carboxylic acids is 1. The van der Waals surface area contributed by atoms with Crippen molar-refractivity contribution in [2.75, 3.05) is 30.3 Å². The quantitative estimate of drug-likeness (QED) is 0.645. The Hall–Kier alpha value is -1.16. The molecule has 0 unspecified atom stereocenters. The van der Waals surface area contributed by atoms with Crippen molar-refractivity contribution in [1.82, 2.24) is 4.90 Å². The van der Waals surface area contributed by atoms with Crippen LogP contribution in [0.2, 0.25) is 0 Å². The monoisotopic (exact) mass is 334 g/mol. The standard InChI is InChI=1S/C19H30N2OS/c1-4-7-8-9-18(22)21-14-15-23-19(21)16-10-12-17(13-11-16)20(5-2)6-3/h10-13,19H,4-9,14-15H2,1-3H3/t19-/m0/s1. The van der Waals surface area contributed by atoms with Crippen LogP contribution >= 0.6 is 11.8 Å². The zero-order valence-corrected chi connectivity index (χ0v) is 15.6. The maximum atomic E-state index is 12.5. The van der Waals surface area contributed by atoms with Gasteiger partial charge in [-0.2, -0.15) is 0 Å². The van der Waals surface area contributed by atoms with Crippen LogP contribution in [0, 0.1) is 0 Å². The zero-order valence-electron chi connectivity index (χ0n) is 14.8. The van der Waals surface area contributed by atoms with E-state index in [-0.39, 0.29) is 5.37 Å². The molecular formula is C19H30N2OS. The summed E-state index contributed by atoms with van der Waals surface area (Å²) in [5, 5.41) is 0.204. The van der Waals surface area contributed by atoms with Crippen molar-refractivity contribution in [2.45, 2.75) is 51.8 Å². The number of thioether (sulfide) groups is 1. The van der Waals surface area contributed by atoms with Crippen molar-refractivity contribution in [3.63, 3.8) is 0 Å². The highest BCUT2D eigenvalue weighted by atomic mass is 32.2. The highest BCUT2D eigenvalue weighted by molar-refractivity contribution is 7.99. The largest absolute Gasteiger partial charge is 0.372 e. The fraction of sp³-hybridized carbons (Fsp3) is 0.632. The Morgan fingerprint density at radius 2 is 1.87 bits per heavy atom. The summed E-state index contributed by atoms with van der Waals surface area (Å²) in [6.07, 6.45) is 4.03. The van der Waals surface area contributed by atoms with Crippen molar-refractivity contribution in [3.8, 4) is 0 Å². The summed E-state index contributed by atoms with van der Waals surface area (Å²) in [6, 6.07) is 8.79. The van der Waals surface area contributed by atoms with E-state index in [2.05, 4.69) is 54.8 Å². The van der Waals surface area contributed by atoms with Gasteiger partial charge in [0.05, 0.1) is 0 Å². The molecule has 1 fully saturated rings. The van der Waals surface area contributed by atoms with E-state index >= 15 is 0 Å². The Bertz CT molecular complexity index is 485. The summed E-state index contributed by atoms with van der Waals surface area (Å²) in [5.74, 6) is 1.36. The minimum absolute atomic E-state index is 0.204. The molecule has 0 saturated carbocycles. The highest BCUT2D eigenvalue weighted by Crippen LogP contribution is 2.38. The first kappa shape index (κ1) is 18.2. The Morgan fingerprint density at radius 1 is 1.17 bits per heavy atom. The molecule has 2 rings (SSSR count). The van der Waals surface area contributed by atoms with Gasteiger partial charge in [-0.3, -0.25) is 4.79 Å². The Kier molecular flexibility index (Phi) is 7.28. The third-order valence-corrected chi connectivity index (χ3v) is 5.77. The van der Waals surface area contributed by atoms with Crippen LogP contribution < -0.4 is 4.90 Å². The summed E-state index contributed by atoms with van der Waals surface area (Å²) < 4.78 is 0. The number of amides is 1. The van der Waals surface area contributed by atoms with E-state index in [1.807, 2.05) is 11.8 Å². The van der Waals surface area contributed by atoms with Crippen LogP contribution in [0.5, 0.6) is 0 Å². The minimum atomic E-state index is 0.204. The summed E-state index contributed by atoms with van der Waals surface area (Å²) in [7, 11) is 0. The minimum Gasteiger partial charge on any atom is -0.372 e. The van der Waals surface area contributed by atoms with Gasteiger partial charge in [0.15, 0.2) is 0 Å². The van der Waals surface area contributed by atoms with Gasteiger partial charge in [-0.05, 0) is 38.0 Å². The van der Waals surface area contributed by atoms with Gasteiger partial charge in [0.2, 0.25) is 5.91 Å². The maximum Gasteiger partial charge on any atom is 0.223 e. The molecule has 1 aliphatic rings. The molecule has 0 bridgehead atoms. The Balaban J connectivity index is 2.03. The number of nitrogens with zero attached hydrogens (tertiary/aromatic N) is 2. The summed E-state index contributed by atoms with van der Waals surface area (Å²) in [6.45, 7) is 9.47. The molecule has 1 heterocycles. The van der Waals surface area contributed by atoms with Gasteiger partial charge in [0.25, 0.3) is 0 Å². The van der Waals surface area contributed by atoms with Gasteiger partial charge in [-0.25, -0.2) is 0 Å². The molecule has 1 amide bonds. The highest BCUT2D eigenvalue weighted by Gasteiger charge is 2.30. The van der Waals surface area contributed by atoms with Crippen molar-refractivity contribution in [2.24, 2.45) is 0 Å². The normalized spacial score (nSPS) is 17.5. The SMILES string of the molecule is CCCCCC(=O)N1CCS[C@H]1c1ccc(N(CC)CC)cc1. The first-order valence-corrected chi connectivity index (χ1v) is 10.0. The van der Waals surface area contributed by atoms with Gasteiger partial charge in [-0.1, -0.05) is 31.9 Å². The lowest BCUT2D eigenvalue weighted by molar-refractivity contribution is -0.131. The molecule has 0 N–H and O–H groups in total. The average Bonchev–Trinajstić information content (AvgIpc) is 3.06. The molecular weight excluding hydrogens is 304 g/mol. The Morgan fingerprint density at radius 3 is 2.48 bits per heavy atom. The maximum absolute atomic E-state index is 12.5. The molecule has 1 aromatic rings. The van der Waals surface area contributed by atoms with Gasteiger partial charge in [-0.15, -0.1) is 11.8 Å². The van der Waals surface area contributed by atoms with Gasteiger partial charge in [0.1, 0.15) is 5.37 Å². The number of carbonyl (C=O) groups is 1. The van der Waals surface area contributed by atoms with E-state index in [1.165, 1.54) is 11.3 Å². The van der Waals surface area contributed by atoms with E-state index in [0.29, 0.717) is 12.3 Å². The van der Waals surface area contributed by atoms with Crippen molar-refractivity contribution >= 4 is 23.4 Å². The van der Waals surface area contributed by atoms with Crippen LogP contribution in [0.1, 0.15) is 57.4 Å². The molecule has 0 radical (unpaired) electrons. The second kappa shape index (κ2) is 9.21. The predicted octanol–water partition coefficient (Wildman–Crippen LogP) is 4.69. The molecule has 4 heteroatoms. The van der Waals surface area contributed by atoms with E-state index in [1.54, 1.807) is 0 Å². The number of rotatable bonds is 8. The average molecular weight is 335 g/mol. The number of hydrogen-bond donors (Lipinski definition) is 0. The van der Waals surface area contributed by atoms with Crippen LogP contribution in [-0.4, -0.2) is 36.2 Å². The van der Waals surface area contributed by atoms with Crippen LogP contribution in [0.25, 0.3) is 0 Å². The molecule has 0 aliphatic carbocycles. The van der Waals surface area contributed by atoms with Gasteiger partial charge in [0, 0.05) is 37.5 Å². The number of unbranched alkanes of at least 4 members (excludes halogenated alkanes) is 2. The number of hydrogen-bond acceptors (Lipinski definition) is 3. The van der Waals surface area contributed by atoms with E-state index in [0.717, 1.165) is 44.6 Å². The third-order valence-electron chi connectivity index (χ3n) is 4.51. The fourth-order valence-electron chi connectivity index (χ4n) is 3.11. The van der Waals surface area contributed by atoms with Crippen LogP contribution in [0.4, 0.5) is 5.69 Å². The van der Waals surface area contributed by atoms with Crippen molar-refractivity contribution in [3.05, 3.63) is 29.8 Å². The smallest absolute Gasteiger partial charge is 0.223 e. The second-order valence-corrected chi connectivity index (χ2v) is 7.22. The van der Waals surface area contributed by atoms with Crippen LogP contribution in [0.15, 0.2) is 24.3 Å². The summed E-state index contributed by atoms with van der Waals surface area (Å²) in [5.41, 5.74) is 2.52. The lowest BCUT2D eigenvalue weighted by Gasteiger charge is -2.26. The van der Waals surface area contributed by atoms with Gasteiger partial charge < -0.3 is 9.80 Å². The van der Waals surface area contributed by atoms with Crippen LogP contribution in [0.3, 0.4) is 0 Å². The summed E-state index contributed by atoms with van der Waals surface area (Å²) >= 11 is 1.89. The Labute approximate surface area is 145 Å². The number of anilines is 1. The molecule has 0 spiro atoms. The summed E-state index contributed by atoms with van der Waals surface area (Å²) in [4.78, 5) is 16.9. The zero-order chi connectivity index (χ0) is 16.7. The third kappa shape index (κ3) is 4.66. The molecule has 23 heavy (non-hydrogen) atoms. The van der Waals surface area contributed by atoms with Crippen molar-refractivity contribution in [1.29, 1.82) is 0 Å². The first-order chi connectivity index (χ1) is 11.2. The first-order valence-electron chi connectivity index (χ1n) is 8.97. The van der Waals surface area contributed by atoms with Gasteiger partial charge >= 0.3 is 0 Å². The molecule has 128 valence electrons. The van der Waals surface area contributed by atoms with E-state index in [9.17, 15) is 4.79 Å².